The summed E-state index contributed by atoms with van der Waals surface area (Å²) in [6, 6.07) is 4.57. The van der Waals surface area contributed by atoms with Crippen LogP contribution in [0.1, 0.15) is 18.4 Å². The molecular weight excluding hydrogens is 325 g/mol. The topological polar surface area (TPSA) is 111 Å². The predicted octanol–water partition coefficient (Wildman–Crippen LogP) is 3.31. The number of halogens is 3. The number of nitrogens with two attached hydrogens (primary N) is 1. The van der Waals surface area contributed by atoms with Crippen LogP contribution in [-0.2, 0) is 6.18 Å². The molecule has 2 aromatic rings. The number of rotatable bonds is 5. The Morgan fingerprint density at radius 2 is 1.71 bits per heavy atom. The highest BCUT2D eigenvalue weighted by Crippen LogP contribution is 2.35. The maximum absolute atomic E-state index is 12.6. The zero-order valence-electron chi connectivity index (χ0n) is 12.3. The summed E-state index contributed by atoms with van der Waals surface area (Å²) in [5.41, 5.74) is 6.99. The minimum atomic E-state index is -4.42. The van der Waals surface area contributed by atoms with Crippen molar-refractivity contribution in [1.82, 2.24) is 9.97 Å². The lowest BCUT2D eigenvalue weighted by molar-refractivity contribution is -0.137. The Kier molecular flexibility index (Phi) is 4.06. The Morgan fingerprint density at radius 1 is 1.08 bits per heavy atom. The van der Waals surface area contributed by atoms with E-state index in [9.17, 15) is 18.4 Å². The number of nitrogens with zero attached hydrogens (tertiary/aromatic N) is 2. The molecule has 1 saturated carbocycles. The van der Waals surface area contributed by atoms with Crippen molar-refractivity contribution in [3.05, 3.63) is 35.0 Å². The smallest absolute Gasteiger partial charge is 0.416 e. The highest BCUT2D eigenvalue weighted by atomic mass is 19.4. The molecule has 10 heteroatoms. The second-order valence-electron chi connectivity index (χ2n) is 5.37. The van der Waals surface area contributed by atoms with E-state index in [1.807, 2.05) is 0 Å². The van der Waals surface area contributed by atoms with Gasteiger partial charge in [0.05, 0.1) is 5.56 Å². The van der Waals surface area contributed by atoms with Gasteiger partial charge in [-0.05, 0) is 37.1 Å². The quantitative estimate of drug-likeness (QED) is 0.618. The molecule has 0 radical (unpaired) electrons. The van der Waals surface area contributed by atoms with Gasteiger partial charge < -0.3 is 27.1 Å². The first-order valence-electron chi connectivity index (χ1n) is 7.13. The fraction of sp³-hybridized carbons (Fsp3) is 0.286. The Bertz CT molecular complexity index is 731. The van der Waals surface area contributed by atoms with Crippen LogP contribution in [-0.4, -0.2) is 16.0 Å². The van der Waals surface area contributed by atoms with Crippen LogP contribution in [0.2, 0.25) is 0 Å². The van der Waals surface area contributed by atoms with Gasteiger partial charge in [-0.1, -0.05) is 0 Å². The zero-order chi connectivity index (χ0) is 17.3. The molecule has 0 amide bonds. The first-order chi connectivity index (χ1) is 11.4. The molecule has 1 aromatic carbocycles. The van der Waals surface area contributed by atoms with Gasteiger partial charge in [0.25, 0.3) is 0 Å². The largest absolute Gasteiger partial charge is 0.761 e. The maximum Gasteiger partial charge on any atom is 0.416 e. The Morgan fingerprint density at radius 3 is 2.25 bits per heavy atom. The van der Waals surface area contributed by atoms with E-state index in [1.165, 1.54) is 12.1 Å². The van der Waals surface area contributed by atoms with Gasteiger partial charge in [-0.25, -0.2) is 0 Å². The summed E-state index contributed by atoms with van der Waals surface area (Å²) in [4.78, 5) is 7.91. The van der Waals surface area contributed by atoms with Crippen molar-refractivity contribution in [1.29, 1.82) is 0 Å². The van der Waals surface area contributed by atoms with Crippen molar-refractivity contribution in [3.63, 3.8) is 0 Å². The van der Waals surface area contributed by atoms with E-state index >= 15 is 0 Å². The monoisotopic (exact) mass is 339 g/mol. The van der Waals surface area contributed by atoms with Gasteiger partial charge in [-0.2, -0.15) is 23.1 Å². The van der Waals surface area contributed by atoms with Crippen molar-refractivity contribution < 1.29 is 13.2 Å². The molecule has 1 aliphatic carbocycles. The maximum atomic E-state index is 12.6. The summed E-state index contributed by atoms with van der Waals surface area (Å²) in [7, 11) is 0. The van der Waals surface area contributed by atoms with E-state index in [1.54, 1.807) is 5.48 Å². The van der Waals surface area contributed by atoms with E-state index < -0.39 is 11.7 Å². The van der Waals surface area contributed by atoms with Crippen LogP contribution < -0.4 is 21.8 Å². The fourth-order valence-corrected chi connectivity index (χ4v) is 2.07. The van der Waals surface area contributed by atoms with Gasteiger partial charge in [0.15, 0.2) is 11.6 Å². The second-order valence-corrected chi connectivity index (χ2v) is 5.37. The van der Waals surface area contributed by atoms with Gasteiger partial charge in [-0.3, -0.25) is 0 Å². The van der Waals surface area contributed by atoms with Crippen LogP contribution in [0.5, 0.6) is 0 Å². The third-order valence-corrected chi connectivity index (χ3v) is 3.42. The van der Waals surface area contributed by atoms with E-state index in [2.05, 4.69) is 20.6 Å². The lowest BCUT2D eigenvalue weighted by Gasteiger charge is -2.20. The summed E-state index contributed by atoms with van der Waals surface area (Å²) in [5, 5.41) is 17.1. The van der Waals surface area contributed by atoms with Crippen molar-refractivity contribution in [2.45, 2.75) is 25.1 Å². The highest BCUT2D eigenvalue weighted by molar-refractivity contribution is 5.81. The second kappa shape index (κ2) is 6.04. The summed E-state index contributed by atoms with van der Waals surface area (Å²) >= 11 is 0. The third kappa shape index (κ3) is 3.59. The molecule has 3 rings (SSSR count). The van der Waals surface area contributed by atoms with E-state index in [4.69, 9.17) is 5.73 Å². The first kappa shape index (κ1) is 16.1. The van der Waals surface area contributed by atoms with Gasteiger partial charge in [0.1, 0.15) is 5.69 Å². The number of hydrogen-bond acceptors (Lipinski definition) is 7. The van der Waals surface area contributed by atoms with Gasteiger partial charge in [0.2, 0.25) is 5.95 Å². The average Bonchev–Trinajstić information content (AvgIpc) is 3.31. The number of benzene rings is 1. The Balaban J connectivity index is 1.87. The average molecular weight is 339 g/mol. The number of nitrogen functional groups attached to an aromatic ring is 1. The van der Waals surface area contributed by atoms with E-state index in [0.29, 0.717) is 5.69 Å². The molecule has 0 aliphatic heterocycles. The standard InChI is InChI=1S/C14H14F3N6O/c15-14(16,17)7-1-3-8(4-2-7)19-11-10(23-24)12(20-9-5-6-9)22-13(18)21-11/h1-4,9,23H,5-6H2,(H4,18,19,20,21,22)/q-1. The molecule has 1 fully saturated rings. The van der Waals surface area contributed by atoms with Gasteiger partial charge in [-0.15, -0.1) is 0 Å². The number of anilines is 5. The van der Waals surface area contributed by atoms with E-state index in [-0.39, 0.29) is 29.3 Å². The molecule has 1 aromatic heterocycles. The molecule has 0 saturated heterocycles. The molecule has 5 N–H and O–H groups in total. The Hall–Kier alpha value is -2.75. The molecule has 1 aliphatic rings. The van der Waals surface area contributed by atoms with Crippen LogP contribution in [0.4, 0.5) is 42.1 Å². The molecule has 1 heterocycles. The molecule has 128 valence electrons. The summed E-state index contributed by atoms with van der Waals surface area (Å²) in [5.74, 6) is 0.279. The highest BCUT2D eigenvalue weighted by Gasteiger charge is 2.30. The molecule has 0 spiro atoms. The van der Waals surface area contributed by atoms with Crippen LogP contribution in [0.25, 0.3) is 0 Å². The summed E-state index contributed by atoms with van der Waals surface area (Å²) in [6.45, 7) is 0. The predicted molar refractivity (Wildman–Crippen MR) is 84.8 cm³/mol. The van der Waals surface area contributed by atoms with Gasteiger partial charge >= 0.3 is 6.18 Å². The lowest BCUT2D eigenvalue weighted by atomic mass is 10.2. The number of hydrogen-bond donors (Lipinski definition) is 4. The first-order valence-corrected chi connectivity index (χ1v) is 7.13. The molecule has 7 nitrogen and oxygen atoms in total. The molecule has 0 bridgehead atoms. The lowest BCUT2D eigenvalue weighted by Crippen LogP contribution is -2.11. The molecular formula is C14H14F3N6O-. The number of nitrogens with one attached hydrogen (secondary N) is 3. The zero-order valence-corrected chi connectivity index (χ0v) is 12.3. The SMILES string of the molecule is Nc1nc(Nc2ccc(C(F)(F)F)cc2)c(N[O-])c(NC2CC2)n1. The summed E-state index contributed by atoms with van der Waals surface area (Å²) in [6.07, 6.45) is -2.49. The molecule has 0 atom stereocenters. The molecule has 24 heavy (non-hydrogen) atoms. The Labute approximate surface area is 135 Å². The van der Waals surface area contributed by atoms with Crippen LogP contribution in [0.3, 0.4) is 0 Å². The molecule has 0 unspecified atom stereocenters. The van der Waals surface area contributed by atoms with Crippen molar-refractivity contribution in [2.75, 3.05) is 21.8 Å². The normalized spacial score (nSPS) is 14.3. The minimum absolute atomic E-state index is 0.0518. The van der Waals surface area contributed by atoms with E-state index in [0.717, 1.165) is 25.0 Å². The summed E-state index contributed by atoms with van der Waals surface area (Å²) < 4.78 is 37.7. The van der Waals surface area contributed by atoms with Crippen molar-refractivity contribution in [3.8, 4) is 0 Å². The van der Waals surface area contributed by atoms with Crippen LogP contribution in [0, 0.1) is 5.21 Å². The number of alkyl halides is 3. The van der Waals surface area contributed by atoms with Gasteiger partial charge in [0, 0.05) is 11.7 Å². The number of aromatic nitrogens is 2. The third-order valence-electron chi connectivity index (χ3n) is 3.42. The van der Waals surface area contributed by atoms with Crippen LogP contribution in [0.15, 0.2) is 24.3 Å². The minimum Gasteiger partial charge on any atom is -0.761 e. The van der Waals surface area contributed by atoms with Crippen molar-refractivity contribution in [2.24, 2.45) is 0 Å². The van der Waals surface area contributed by atoms with Crippen molar-refractivity contribution >= 4 is 29.0 Å². The fourth-order valence-electron chi connectivity index (χ4n) is 2.07. The van der Waals surface area contributed by atoms with Crippen LogP contribution >= 0.6 is 0 Å².